The molecule has 2 rings (SSSR count). The molecule has 0 unspecified atom stereocenters. The number of aromatic nitrogens is 4. The van der Waals surface area contributed by atoms with Crippen LogP contribution in [0.3, 0.4) is 0 Å². The lowest BCUT2D eigenvalue weighted by Crippen LogP contribution is -2.14. The van der Waals surface area contributed by atoms with E-state index in [1.54, 1.807) is 7.11 Å². The van der Waals surface area contributed by atoms with E-state index in [9.17, 15) is 0 Å². The number of benzene rings is 1. The minimum Gasteiger partial charge on any atom is -0.496 e. The van der Waals surface area contributed by atoms with Gasteiger partial charge in [-0.2, -0.15) is 5.21 Å². The summed E-state index contributed by atoms with van der Waals surface area (Å²) in [5.41, 5.74) is 2.37. The van der Waals surface area contributed by atoms with Crippen LogP contribution in [0.5, 0.6) is 5.75 Å². The van der Waals surface area contributed by atoms with Crippen molar-refractivity contribution in [3.8, 4) is 17.1 Å². The second kappa shape index (κ2) is 5.38. The van der Waals surface area contributed by atoms with Crippen molar-refractivity contribution < 1.29 is 4.74 Å². The maximum atomic E-state index is 5.44. The molecule has 0 bridgehead atoms. The molecule has 5 nitrogen and oxygen atoms in total. The summed E-state index contributed by atoms with van der Waals surface area (Å²) in [7, 11) is 1.70. The van der Waals surface area contributed by atoms with Gasteiger partial charge in [-0.1, -0.05) is 27.2 Å². The van der Waals surface area contributed by atoms with Crippen LogP contribution in [0.2, 0.25) is 0 Å². The van der Waals surface area contributed by atoms with Crippen LogP contribution in [-0.4, -0.2) is 27.7 Å². The molecule has 102 valence electrons. The van der Waals surface area contributed by atoms with Gasteiger partial charge in [-0.3, -0.25) is 0 Å². The Bertz CT molecular complexity index is 534. The number of nitrogens with one attached hydrogen (secondary N) is 1. The normalized spacial score (nSPS) is 11.6. The number of tetrazole rings is 1. The molecule has 1 aromatic heterocycles. The molecule has 19 heavy (non-hydrogen) atoms. The summed E-state index contributed by atoms with van der Waals surface area (Å²) in [4.78, 5) is 0. The fourth-order valence-corrected chi connectivity index (χ4v) is 1.98. The molecule has 1 heterocycles. The minimum atomic E-state index is 0.239. The zero-order valence-corrected chi connectivity index (χ0v) is 11.9. The van der Waals surface area contributed by atoms with Gasteiger partial charge in [0, 0.05) is 5.56 Å². The van der Waals surface area contributed by atoms with Gasteiger partial charge in [0.15, 0.2) is 0 Å². The van der Waals surface area contributed by atoms with Crippen LogP contribution in [-0.2, 0) is 6.42 Å². The highest BCUT2D eigenvalue weighted by Crippen LogP contribution is 2.32. The van der Waals surface area contributed by atoms with Crippen molar-refractivity contribution in [1.29, 1.82) is 0 Å². The minimum absolute atomic E-state index is 0.239. The standard InChI is InChI=1S/C14H20N4O/c1-5-14(2,3)9-11-8-10(6-7-12(11)19-4)13-15-17-18-16-13/h6-8H,5,9H2,1-4H3,(H,15,16,17,18). The first-order valence-corrected chi connectivity index (χ1v) is 6.46. The van der Waals surface area contributed by atoms with Gasteiger partial charge in [0.2, 0.25) is 5.82 Å². The number of H-pyrrole nitrogens is 1. The Morgan fingerprint density at radius 1 is 1.32 bits per heavy atom. The molecule has 0 saturated heterocycles. The van der Waals surface area contributed by atoms with E-state index in [0.717, 1.165) is 24.2 Å². The zero-order valence-electron chi connectivity index (χ0n) is 11.9. The third-order valence-corrected chi connectivity index (χ3v) is 3.51. The Balaban J connectivity index is 2.37. The van der Waals surface area contributed by atoms with Crippen LogP contribution < -0.4 is 4.74 Å². The molecule has 0 aliphatic heterocycles. The number of nitrogens with zero attached hydrogens (tertiary/aromatic N) is 3. The molecule has 0 saturated carbocycles. The average Bonchev–Trinajstić information content (AvgIpc) is 2.92. The lowest BCUT2D eigenvalue weighted by molar-refractivity contribution is 0.338. The zero-order chi connectivity index (χ0) is 13.9. The lowest BCUT2D eigenvalue weighted by atomic mass is 9.83. The van der Waals surface area contributed by atoms with Crippen LogP contribution in [0.4, 0.5) is 0 Å². The molecule has 2 aromatic rings. The van der Waals surface area contributed by atoms with Crippen LogP contribution in [0, 0.1) is 5.41 Å². The Morgan fingerprint density at radius 3 is 2.68 bits per heavy atom. The molecule has 5 heteroatoms. The van der Waals surface area contributed by atoms with Crippen molar-refractivity contribution in [2.24, 2.45) is 5.41 Å². The average molecular weight is 260 g/mol. The van der Waals surface area contributed by atoms with Gasteiger partial charge in [-0.15, -0.1) is 10.2 Å². The van der Waals surface area contributed by atoms with Gasteiger partial charge in [-0.25, -0.2) is 0 Å². The van der Waals surface area contributed by atoms with E-state index in [1.807, 2.05) is 12.1 Å². The first-order chi connectivity index (χ1) is 9.05. The van der Waals surface area contributed by atoms with Crippen molar-refractivity contribution in [3.05, 3.63) is 23.8 Å². The molecule has 0 spiro atoms. The summed E-state index contributed by atoms with van der Waals surface area (Å²) in [6, 6.07) is 6.00. The fraction of sp³-hybridized carbons (Fsp3) is 0.500. The maximum Gasteiger partial charge on any atom is 0.204 e. The number of rotatable bonds is 5. The van der Waals surface area contributed by atoms with E-state index in [-0.39, 0.29) is 5.41 Å². The van der Waals surface area contributed by atoms with Crippen LogP contribution in [0.1, 0.15) is 32.8 Å². The molecule has 0 aliphatic rings. The van der Waals surface area contributed by atoms with Gasteiger partial charge in [0.25, 0.3) is 0 Å². The smallest absolute Gasteiger partial charge is 0.204 e. The van der Waals surface area contributed by atoms with Crippen molar-refractivity contribution in [2.45, 2.75) is 33.6 Å². The molecule has 0 atom stereocenters. The van der Waals surface area contributed by atoms with Crippen molar-refractivity contribution in [1.82, 2.24) is 20.6 Å². The Morgan fingerprint density at radius 2 is 2.11 bits per heavy atom. The largest absolute Gasteiger partial charge is 0.496 e. The molecule has 0 aliphatic carbocycles. The molecule has 1 N–H and O–H groups in total. The quantitative estimate of drug-likeness (QED) is 0.897. The number of methoxy groups -OCH3 is 1. The Labute approximate surface area is 113 Å². The molecule has 1 aromatic carbocycles. The van der Waals surface area contributed by atoms with E-state index in [2.05, 4.69) is 47.5 Å². The van der Waals surface area contributed by atoms with E-state index in [0.29, 0.717) is 5.82 Å². The number of aromatic amines is 1. The van der Waals surface area contributed by atoms with Gasteiger partial charge < -0.3 is 4.74 Å². The summed E-state index contributed by atoms with van der Waals surface area (Å²) in [5.74, 6) is 1.52. The Hall–Kier alpha value is -1.91. The van der Waals surface area contributed by atoms with Crippen LogP contribution in [0.25, 0.3) is 11.4 Å². The van der Waals surface area contributed by atoms with Gasteiger partial charge in [0.05, 0.1) is 7.11 Å². The topological polar surface area (TPSA) is 63.7 Å². The van der Waals surface area contributed by atoms with Crippen LogP contribution in [0.15, 0.2) is 18.2 Å². The maximum absolute atomic E-state index is 5.44. The molecular formula is C14H20N4O. The van der Waals surface area contributed by atoms with Gasteiger partial charge >= 0.3 is 0 Å². The molecular weight excluding hydrogens is 240 g/mol. The highest BCUT2D eigenvalue weighted by molar-refractivity contribution is 5.58. The second-order valence-corrected chi connectivity index (χ2v) is 5.46. The van der Waals surface area contributed by atoms with Gasteiger partial charge in [0.1, 0.15) is 5.75 Å². The summed E-state index contributed by atoms with van der Waals surface area (Å²) >= 11 is 0. The molecule has 0 amide bonds. The number of hydrogen-bond donors (Lipinski definition) is 1. The highest BCUT2D eigenvalue weighted by Gasteiger charge is 2.19. The lowest BCUT2D eigenvalue weighted by Gasteiger charge is -2.24. The summed E-state index contributed by atoms with van der Waals surface area (Å²) in [6.45, 7) is 6.72. The van der Waals surface area contributed by atoms with E-state index in [1.165, 1.54) is 5.56 Å². The van der Waals surface area contributed by atoms with Gasteiger partial charge in [-0.05, 0) is 40.8 Å². The SMILES string of the molecule is CCC(C)(C)Cc1cc(-c2nn[nH]n2)ccc1OC. The van der Waals surface area contributed by atoms with Crippen molar-refractivity contribution in [3.63, 3.8) is 0 Å². The van der Waals surface area contributed by atoms with Crippen molar-refractivity contribution >= 4 is 0 Å². The first-order valence-electron chi connectivity index (χ1n) is 6.46. The molecule has 0 fully saturated rings. The van der Waals surface area contributed by atoms with Crippen LogP contribution >= 0.6 is 0 Å². The van der Waals surface area contributed by atoms with E-state index in [4.69, 9.17) is 4.74 Å². The second-order valence-electron chi connectivity index (χ2n) is 5.46. The summed E-state index contributed by atoms with van der Waals surface area (Å²) < 4.78 is 5.44. The third-order valence-electron chi connectivity index (χ3n) is 3.51. The summed E-state index contributed by atoms with van der Waals surface area (Å²) in [6.07, 6.45) is 2.07. The number of hydrogen-bond acceptors (Lipinski definition) is 4. The van der Waals surface area contributed by atoms with E-state index < -0.39 is 0 Å². The number of ether oxygens (including phenoxy) is 1. The first kappa shape index (κ1) is 13.5. The van der Waals surface area contributed by atoms with E-state index >= 15 is 0 Å². The predicted molar refractivity (Wildman–Crippen MR) is 73.9 cm³/mol. The van der Waals surface area contributed by atoms with Crippen molar-refractivity contribution in [2.75, 3.05) is 7.11 Å². The molecule has 0 radical (unpaired) electrons. The predicted octanol–water partition coefficient (Wildman–Crippen LogP) is 2.85. The Kier molecular flexibility index (Phi) is 3.83. The summed E-state index contributed by atoms with van der Waals surface area (Å²) in [5, 5.41) is 14.1. The fourth-order valence-electron chi connectivity index (χ4n) is 1.98. The highest BCUT2D eigenvalue weighted by atomic mass is 16.5. The monoisotopic (exact) mass is 260 g/mol. The third kappa shape index (κ3) is 3.10.